The molecule has 0 unspecified atom stereocenters. The Hall–Kier alpha value is -8.54. The van der Waals surface area contributed by atoms with Crippen LogP contribution in [0, 0.1) is 0 Å². The quantitative estimate of drug-likeness (QED) is 0.158. The normalized spacial score (nSPS) is 12.1. The Morgan fingerprint density at radius 1 is 0.313 bits per heavy atom. The third kappa shape index (κ3) is 6.38. The Balaban J connectivity index is 1.15. The molecule has 0 bridgehead atoms. The molecule has 13 aromatic rings. The van der Waals surface area contributed by atoms with Gasteiger partial charge in [0.15, 0.2) is 0 Å². The second-order valence-electron chi connectivity index (χ2n) is 17.4. The number of rotatable bonds is 5. The van der Waals surface area contributed by atoms with Crippen LogP contribution >= 0.6 is 0 Å². The smallest absolute Gasteiger partial charge is 0.309 e. The third-order valence-corrected chi connectivity index (χ3v) is 13.6. The SMILES string of the molecule is FC(F)(F)c1ccc(-c2ccc3c4ccccc4c4cc5c6cc(-c7ccccc7)ccc6n(-c6cc(-c7cccc8ccccc78)nc(-c7cccc8ccccc78)c6)c5cc4c3c2)cc1. The Kier molecular flexibility index (Phi) is 8.71. The van der Waals surface area contributed by atoms with Crippen LogP contribution in [0.25, 0.3) is 126 Å². The minimum atomic E-state index is -4.41. The molecular weight excluding hydrogens is 830 g/mol. The molecule has 2 nitrogen and oxygen atoms in total. The van der Waals surface area contributed by atoms with Crippen molar-refractivity contribution in [2.24, 2.45) is 0 Å². The van der Waals surface area contributed by atoms with E-state index in [1.54, 1.807) is 12.1 Å². The van der Waals surface area contributed by atoms with Crippen molar-refractivity contribution >= 4 is 75.7 Å². The molecule has 0 aliphatic carbocycles. The van der Waals surface area contributed by atoms with Gasteiger partial charge in [-0.15, -0.1) is 0 Å². The average molecular weight is 867 g/mol. The first-order chi connectivity index (χ1) is 32.8. The lowest BCUT2D eigenvalue weighted by Gasteiger charge is -2.16. The van der Waals surface area contributed by atoms with Crippen molar-refractivity contribution in [2.45, 2.75) is 6.18 Å². The second-order valence-corrected chi connectivity index (χ2v) is 17.4. The van der Waals surface area contributed by atoms with Crippen LogP contribution in [0.2, 0.25) is 0 Å². The van der Waals surface area contributed by atoms with E-state index in [4.69, 9.17) is 4.98 Å². The summed E-state index contributed by atoms with van der Waals surface area (Å²) < 4.78 is 43.4. The standard InChI is InChI=1S/C62H37F3N2/c63-62(64,65)44-28-24-39(25-29-44)42-26-30-50-48-20-8-9-21-49(48)54-36-57-56-33-43(38-12-2-1-3-13-38)27-31-60(56)67(61(57)37-55(54)53(50)32-42)45-34-58(51-22-10-16-40-14-4-6-18-46(40)51)66-59(35-45)52-23-11-17-41-15-5-7-19-47(41)52/h1-37H. The van der Waals surface area contributed by atoms with Crippen molar-refractivity contribution in [2.75, 3.05) is 0 Å². The van der Waals surface area contributed by atoms with Crippen molar-refractivity contribution in [3.05, 3.63) is 230 Å². The minimum absolute atomic E-state index is 0.664. The molecule has 0 amide bonds. The Morgan fingerprint density at radius 3 is 1.42 bits per heavy atom. The van der Waals surface area contributed by atoms with Crippen molar-refractivity contribution in [3.63, 3.8) is 0 Å². The number of halogens is 3. The number of hydrogen-bond acceptors (Lipinski definition) is 1. The highest BCUT2D eigenvalue weighted by molar-refractivity contribution is 6.29. The minimum Gasteiger partial charge on any atom is -0.309 e. The van der Waals surface area contributed by atoms with E-state index in [-0.39, 0.29) is 0 Å². The van der Waals surface area contributed by atoms with Crippen LogP contribution in [0.15, 0.2) is 224 Å². The first-order valence-corrected chi connectivity index (χ1v) is 22.4. The van der Waals surface area contributed by atoms with E-state index >= 15 is 0 Å². The fourth-order valence-corrected chi connectivity index (χ4v) is 10.4. The largest absolute Gasteiger partial charge is 0.416 e. The summed E-state index contributed by atoms with van der Waals surface area (Å²) in [4.78, 5) is 5.50. The molecule has 0 fully saturated rings. The van der Waals surface area contributed by atoms with Crippen LogP contribution in [-0.4, -0.2) is 9.55 Å². The second kappa shape index (κ2) is 15.0. The number of alkyl halides is 3. The van der Waals surface area contributed by atoms with Gasteiger partial charge in [0.1, 0.15) is 0 Å². The number of nitrogens with zero attached hydrogens (tertiary/aromatic N) is 2. The van der Waals surface area contributed by atoms with Gasteiger partial charge in [-0.3, -0.25) is 0 Å². The molecular formula is C62H37F3N2. The molecule has 2 heterocycles. The maximum atomic E-state index is 13.7. The summed E-state index contributed by atoms with van der Waals surface area (Å²) in [5.41, 5.74) is 10.1. The zero-order valence-corrected chi connectivity index (χ0v) is 35.9. The first kappa shape index (κ1) is 38.9. The lowest BCUT2D eigenvalue weighted by atomic mass is 9.91. The zero-order chi connectivity index (χ0) is 44.8. The van der Waals surface area contributed by atoms with Gasteiger partial charge in [-0.05, 0) is 131 Å². The van der Waals surface area contributed by atoms with Crippen molar-refractivity contribution in [1.82, 2.24) is 9.55 Å². The molecule has 0 atom stereocenters. The van der Waals surface area contributed by atoms with E-state index in [9.17, 15) is 13.2 Å². The molecule has 0 spiro atoms. The number of aromatic nitrogens is 2. The number of hydrogen-bond donors (Lipinski definition) is 0. The van der Waals surface area contributed by atoms with Gasteiger partial charge in [-0.1, -0.05) is 170 Å². The molecule has 13 rings (SSSR count). The van der Waals surface area contributed by atoms with E-state index in [1.807, 2.05) is 12.1 Å². The summed E-state index contributed by atoms with van der Waals surface area (Å²) in [6.45, 7) is 0. The monoisotopic (exact) mass is 866 g/mol. The molecule has 0 N–H and O–H groups in total. The Morgan fingerprint density at radius 2 is 0.776 bits per heavy atom. The summed E-state index contributed by atoms with van der Waals surface area (Å²) in [6.07, 6.45) is -4.41. The lowest BCUT2D eigenvalue weighted by molar-refractivity contribution is -0.137. The molecule has 0 saturated carbocycles. The summed E-state index contributed by atoms with van der Waals surface area (Å²) in [6, 6.07) is 76.4. The highest BCUT2D eigenvalue weighted by Crippen LogP contribution is 2.44. The molecule has 0 radical (unpaired) electrons. The predicted molar refractivity (Wildman–Crippen MR) is 273 cm³/mol. The summed E-state index contributed by atoms with van der Waals surface area (Å²) in [5, 5.41) is 13.3. The molecule has 0 aliphatic heterocycles. The van der Waals surface area contributed by atoms with Crippen LogP contribution < -0.4 is 0 Å². The zero-order valence-electron chi connectivity index (χ0n) is 35.9. The maximum absolute atomic E-state index is 13.7. The van der Waals surface area contributed by atoms with E-state index in [2.05, 4.69) is 193 Å². The van der Waals surface area contributed by atoms with Gasteiger partial charge in [0, 0.05) is 21.9 Å². The fourth-order valence-electron chi connectivity index (χ4n) is 10.4. The maximum Gasteiger partial charge on any atom is 0.416 e. The van der Waals surface area contributed by atoms with E-state index in [0.29, 0.717) is 0 Å². The van der Waals surface area contributed by atoms with Gasteiger partial charge in [0.05, 0.1) is 33.7 Å². The van der Waals surface area contributed by atoms with E-state index in [0.717, 1.165) is 138 Å². The molecule has 2 aromatic heterocycles. The summed E-state index contributed by atoms with van der Waals surface area (Å²) in [5.74, 6) is 0. The molecule has 316 valence electrons. The van der Waals surface area contributed by atoms with Crippen LogP contribution in [0.1, 0.15) is 5.56 Å². The summed E-state index contributed by atoms with van der Waals surface area (Å²) >= 11 is 0. The van der Waals surface area contributed by atoms with Gasteiger partial charge in [0.2, 0.25) is 0 Å². The predicted octanol–water partition coefficient (Wildman–Crippen LogP) is 17.6. The third-order valence-electron chi connectivity index (χ3n) is 13.6. The van der Waals surface area contributed by atoms with Crippen LogP contribution in [-0.2, 0) is 6.18 Å². The van der Waals surface area contributed by atoms with E-state index < -0.39 is 11.7 Å². The van der Waals surface area contributed by atoms with Gasteiger partial charge in [0.25, 0.3) is 0 Å². The Labute approximate surface area is 383 Å². The molecule has 11 aromatic carbocycles. The molecule has 5 heteroatoms. The van der Waals surface area contributed by atoms with Crippen LogP contribution in [0.4, 0.5) is 13.2 Å². The topological polar surface area (TPSA) is 17.8 Å². The molecule has 67 heavy (non-hydrogen) atoms. The number of pyridine rings is 1. The van der Waals surface area contributed by atoms with Crippen LogP contribution in [0.3, 0.4) is 0 Å². The van der Waals surface area contributed by atoms with Crippen molar-refractivity contribution in [3.8, 4) is 50.5 Å². The van der Waals surface area contributed by atoms with Gasteiger partial charge in [-0.25, -0.2) is 4.98 Å². The van der Waals surface area contributed by atoms with Crippen molar-refractivity contribution < 1.29 is 13.2 Å². The van der Waals surface area contributed by atoms with Gasteiger partial charge in [-0.2, -0.15) is 13.2 Å². The first-order valence-electron chi connectivity index (χ1n) is 22.4. The molecule has 0 saturated heterocycles. The van der Waals surface area contributed by atoms with Crippen molar-refractivity contribution in [1.29, 1.82) is 0 Å². The Bertz CT molecular complexity index is 4020. The van der Waals surface area contributed by atoms with E-state index in [1.165, 1.54) is 0 Å². The average Bonchev–Trinajstić information content (AvgIpc) is 3.70. The number of benzene rings is 11. The number of fused-ring (bicyclic) bond motifs is 11. The summed E-state index contributed by atoms with van der Waals surface area (Å²) in [7, 11) is 0. The molecule has 0 aliphatic rings. The van der Waals surface area contributed by atoms with Crippen LogP contribution in [0.5, 0.6) is 0 Å². The van der Waals surface area contributed by atoms with Gasteiger partial charge >= 0.3 is 6.18 Å². The fraction of sp³-hybridized carbons (Fsp3) is 0.0161. The van der Waals surface area contributed by atoms with Gasteiger partial charge < -0.3 is 4.57 Å². The lowest BCUT2D eigenvalue weighted by Crippen LogP contribution is -2.03. The highest BCUT2D eigenvalue weighted by atomic mass is 19.4. The highest BCUT2D eigenvalue weighted by Gasteiger charge is 2.30.